The molecule has 1 aliphatic carbocycles. The molecule has 1 amide bonds. The van der Waals surface area contributed by atoms with Crippen molar-refractivity contribution in [2.24, 2.45) is 0 Å². The van der Waals surface area contributed by atoms with E-state index in [-0.39, 0.29) is 17.7 Å². The third-order valence-corrected chi connectivity index (χ3v) is 8.76. The van der Waals surface area contributed by atoms with Crippen molar-refractivity contribution in [2.75, 3.05) is 33.2 Å². The third-order valence-electron chi connectivity index (χ3n) is 6.91. The molecule has 0 bridgehead atoms. The van der Waals surface area contributed by atoms with E-state index in [1.165, 1.54) is 24.0 Å². The number of likely N-dealkylation sites (N-methyl/N-ethyl adjacent to an activating group) is 1. The standard InChI is InChI=1S/C26H35N3O3S/c1-3-25(24-13-12-21-6-4-5-7-23(21)18-24)27-26(30)22-10-8-20(9-11-22)19-33(31,32)29-16-14-28(2)15-17-29/h8-13,18,25H,3-7,14-17,19H2,1-2H3,(H,27,30). The number of sulfonamides is 1. The number of amides is 1. The van der Waals surface area contributed by atoms with Gasteiger partial charge in [-0.1, -0.05) is 37.3 Å². The normalized spacial score (nSPS) is 18.5. The fraction of sp³-hybridized carbons (Fsp3) is 0.500. The number of piperazine rings is 1. The molecule has 1 heterocycles. The number of nitrogens with zero attached hydrogens (tertiary/aromatic N) is 2. The molecule has 7 heteroatoms. The van der Waals surface area contributed by atoms with Crippen molar-refractivity contribution < 1.29 is 13.2 Å². The van der Waals surface area contributed by atoms with Crippen molar-refractivity contribution in [1.82, 2.24) is 14.5 Å². The number of aryl methyl sites for hydroxylation is 2. The fourth-order valence-electron chi connectivity index (χ4n) is 4.75. The maximum atomic E-state index is 12.9. The Morgan fingerprint density at radius 1 is 0.970 bits per heavy atom. The number of carbonyl (C=O) groups excluding carboxylic acids is 1. The van der Waals surface area contributed by atoms with Gasteiger partial charge >= 0.3 is 0 Å². The van der Waals surface area contributed by atoms with E-state index in [2.05, 4.69) is 35.3 Å². The molecule has 33 heavy (non-hydrogen) atoms. The zero-order chi connectivity index (χ0) is 23.4. The summed E-state index contributed by atoms with van der Waals surface area (Å²) in [5.41, 5.74) is 5.26. The van der Waals surface area contributed by atoms with Crippen molar-refractivity contribution in [2.45, 2.75) is 50.8 Å². The average Bonchev–Trinajstić information content (AvgIpc) is 2.82. The van der Waals surface area contributed by atoms with Gasteiger partial charge in [0.1, 0.15) is 0 Å². The van der Waals surface area contributed by atoms with E-state index in [4.69, 9.17) is 0 Å². The minimum absolute atomic E-state index is 0.0364. The molecule has 2 aliphatic rings. The molecular formula is C26H35N3O3S. The molecular weight excluding hydrogens is 434 g/mol. The van der Waals surface area contributed by atoms with Crippen LogP contribution in [0.25, 0.3) is 0 Å². The van der Waals surface area contributed by atoms with Gasteiger partial charge in [-0.15, -0.1) is 0 Å². The molecule has 0 saturated carbocycles. The zero-order valence-corrected chi connectivity index (χ0v) is 20.5. The molecule has 1 N–H and O–H groups in total. The summed E-state index contributed by atoms with van der Waals surface area (Å²) in [6.45, 7) is 4.64. The van der Waals surface area contributed by atoms with Crippen LogP contribution in [0.1, 0.15) is 64.8 Å². The Labute approximate surface area is 198 Å². The van der Waals surface area contributed by atoms with Gasteiger partial charge in [-0.3, -0.25) is 4.79 Å². The molecule has 0 aromatic heterocycles. The SMILES string of the molecule is CCC(NC(=O)c1ccc(CS(=O)(=O)N2CCN(C)CC2)cc1)c1ccc2c(c1)CCCC2. The number of nitrogens with one attached hydrogen (secondary N) is 1. The molecule has 2 aromatic carbocycles. The highest BCUT2D eigenvalue weighted by molar-refractivity contribution is 7.88. The highest BCUT2D eigenvalue weighted by Crippen LogP contribution is 2.26. The van der Waals surface area contributed by atoms with Gasteiger partial charge in [-0.25, -0.2) is 8.42 Å². The van der Waals surface area contributed by atoms with Crippen LogP contribution in [0.4, 0.5) is 0 Å². The van der Waals surface area contributed by atoms with Gasteiger partial charge in [-0.2, -0.15) is 4.31 Å². The molecule has 1 aliphatic heterocycles. The summed E-state index contributed by atoms with van der Waals surface area (Å²) in [5, 5.41) is 3.16. The Hall–Kier alpha value is -2.22. The van der Waals surface area contributed by atoms with Gasteiger partial charge in [0.25, 0.3) is 5.91 Å². The summed E-state index contributed by atoms with van der Waals surface area (Å²) in [5.74, 6) is -0.168. The first-order chi connectivity index (χ1) is 15.9. The van der Waals surface area contributed by atoms with E-state index in [9.17, 15) is 13.2 Å². The van der Waals surface area contributed by atoms with E-state index >= 15 is 0 Å². The molecule has 1 fully saturated rings. The number of fused-ring (bicyclic) bond motifs is 1. The molecule has 4 rings (SSSR count). The lowest BCUT2D eigenvalue weighted by Gasteiger charge is -2.31. The van der Waals surface area contributed by atoms with E-state index in [1.807, 2.05) is 7.05 Å². The van der Waals surface area contributed by atoms with Crippen molar-refractivity contribution >= 4 is 15.9 Å². The lowest BCUT2D eigenvalue weighted by atomic mass is 9.88. The second-order valence-electron chi connectivity index (χ2n) is 9.33. The van der Waals surface area contributed by atoms with Crippen molar-refractivity contribution in [3.63, 3.8) is 0 Å². The number of carbonyl (C=O) groups is 1. The van der Waals surface area contributed by atoms with Gasteiger partial charge < -0.3 is 10.2 Å². The van der Waals surface area contributed by atoms with E-state index in [0.29, 0.717) is 24.2 Å². The Bertz CT molecular complexity index is 1070. The first kappa shape index (κ1) is 23.9. The van der Waals surface area contributed by atoms with Crippen LogP contribution in [0, 0.1) is 0 Å². The molecule has 2 aromatic rings. The van der Waals surface area contributed by atoms with Gasteiger partial charge in [0.15, 0.2) is 0 Å². The monoisotopic (exact) mass is 469 g/mol. The van der Waals surface area contributed by atoms with Crippen LogP contribution in [-0.2, 0) is 28.6 Å². The Morgan fingerprint density at radius 3 is 2.30 bits per heavy atom. The van der Waals surface area contributed by atoms with Crippen LogP contribution in [-0.4, -0.2) is 56.8 Å². The van der Waals surface area contributed by atoms with E-state index in [0.717, 1.165) is 37.9 Å². The molecule has 0 radical (unpaired) electrons. The van der Waals surface area contributed by atoms with Gasteiger partial charge in [-0.05, 0) is 73.5 Å². The van der Waals surface area contributed by atoms with Crippen molar-refractivity contribution in [3.8, 4) is 0 Å². The minimum Gasteiger partial charge on any atom is -0.345 e. The third kappa shape index (κ3) is 5.83. The quantitative estimate of drug-likeness (QED) is 0.674. The first-order valence-electron chi connectivity index (χ1n) is 12.0. The van der Waals surface area contributed by atoms with Gasteiger partial charge in [0.2, 0.25) is 10.0 Å². The zero-order valence-electron chi connectivity index (χ0n) is 19.7. The lowest BCUT2D eigenvalue weighted by Crippen LogP contribution is -2.47. The largest absolute Gasteiger partial charge is 0.345 e. The number of rotatable bonds is 7. The van der Waals surface area contributed by atoms with Crippen LogP contribution in [0.3, 0.4) is 0 Å². The summed E-state index contributed by atoms with van der Waals surface area (Å²) in [7, 11) is -1.35. The number of hydrogen-bond acceptors (Lipinski definition) is 4. The fourth-order valence-corrected chi connectivity index (χ4v) is 6.27. The van der Waals surface area contributed by atoms with Crippen LogP contribution >= 0.6 is 0 Å². The number of benzene rings is 2. The lowest BCUT2D eigenvalue weighted by molar-refractivity contribution is 0.0935. The Morgan fingerprint density at radius 2 is 1.64 bits per heavy atom. The molecule has 1 atom stereocenters. The average molecular weight is 470 g/mol. The summed E-state index contributed by atoms with van der Waals surface area (Å²) in [4.78, 5) is 15.0. The summed E-state index contributed by atoms with van der Waals surface area (Å²) in [6.07, 6.45) is 5.57. The summed E-state index contributed by atoms with van der Waals surface area (Å²) in [6, 6.07) is 13.5. The first-order valence-corrected chi connectivity index (χ1v) is 13.6. The van der Waals surface area contributed by atoms with Crippen molar-refractivity contribution in [3.05, 3.63) is 70.3 Å². The Balaban J connectivity index is 1.39. The smallest absolute Gasteiger partial charge is 0.251 e. The highest BCUT2D eigenvalue weighted by atomic mass is 32.2. The van der Waals surface area contributed by atoms with Crippen LogP contribution in [0.15, 0.2) is 42.5 Å². The van der Waals surface area contributed by atoms with Crippen molar-refractivity contribution in [1.29, 1.82) is 0 Å². The van der Waals surface area contributed by atoms with Gasteiger partial charge in [0, 0.05) is 31.7 Å². The predicted molar refractivity (Wildman–Crippen MR) is 132 cm³/mol. The second-order valence-corrected chi connectivity index (χ2v) is 11.3. The van der Waals surface area contributed by atoms with Crippen LogP contribution in [0.5, 0.6) is 0 Å². The van der Waals surface area contributed by atoms with Crippen LogP contribution in [0.2, 0.25) is 0 Å². The maximum Gasteiger partial charge on any atom is 0.251 e. The van der Waals surface area contributed by atoms with Crippen LogP contribution < -0.4 is 5.32 Å². The topological polar surface area (TPSA) is 69.7 Å². The number of hydrogen-bond donors (Lipinski definition) is 1. The van der Waals surface area contributed by atoms with E-state index in [1.54, 1.807) is 28.6 Å². The van der Waals surface area contributed by atoms with Gasteiger partial charge in [0.05, 0.1) is 11.8 Å². The predicted octanol–water partition coefficient (Wildman–Crippen LogP) is 3.52. The molecule has 1 saturated heterocycles. The molecule has 6 nitrogen and oxygen atoms in total. The molecule has 0 spiro atoms. The summed E-state index contributed by atoms with van der Waals surface area (Å²) >= 11 is 0. The molecule has 1 unspecified atom stereocenters. The molecule has 178 valence electrons. The summed E-state index contributed by atoms with van der Waals surface area (Å²) < 4.78 is 27.1. The maximum absolute atomic E-state index is 12.9. The Kier molecular flexibility index (Phi) is 7.51. The highest BCUT2D eigenvalue weighted by Gasteiger charge is 2.26. The van der Waals surface area contributed by atoms with E-state index < -0.39 is 10.0 Å². The minimum atomic E-state index is -3.35. The second kappa shape index (κ2) is 10.4.